The highest BCUT2D eigenvalue weighted by molar-refractivity contribution is 7.80. The molecule has 0 radical (unpaired) electrons. The largest absolute Gasteiger partial charge is 0.497 e. The standard InChI is InChI=1S/C17H23N3O2S/c1-21-15-7-5-14(6-8-15)12-19-17(23)20(10-3-9-18)13-16-4-2-11-22-16/h5-8,16H,2-4,10-13H2,1H3,(H,19,23). The van der Waals surface area contributed by atoms with Crippen LogP contribution >= 0.6 is 12.2 Å². The van der Waals surface area contributed by atoms with Gasteiger partial charge in [-0.2, -0.15) is 5.26 Å². The first kappa shape index (κ1) is 17.5. The van der Waals surface area contributed by atoms with Gasteiger partial charge in [0.1, 0.15) is 5.75 Å². The molecular weight excluding hydrogens is 310 g/mol. The highest BCUT2D eigenvalue weighted by Gasteiger charge is 2.20. The normalized spacial score (nSPS) is 16.6. The Bertz CT molecular complexity index is 536. The number of nitriles is 1. The van der Waals surface area contributed by atoms with Gasteiger partial charge in [0.05, 0.1) is 25.7 Å². The van der Waals surface area contributed by atoms with Crippen LogP contribution in [0, 0.1) is 11.3 Å². The molecule has 1 aromatic carbocycles. The number of benzene rings is 1. The number of nitrogens with one attached hydrogen (secondary N) is 1. The van der Waals surface area contributed by atoms with E-state index in [1.165, 1.54) is 0 Å². The Morgan fingerprint density at radius 2 is 2.26 bits per heavy atom. The molecule has 6 heteroatoms. The Kier molecular flexibility index (Phi) is 7.11. The zero-order chi connectivity index (χ0) is 16.5. The summed E-state index contributed by atoms with van der Waals surface area (Å²) in [6.45, 7) is 2.85. The maximum absolute atomic E-state index is 8.83. The van der Waals surface area contributed by atoms with Crippen molar-refractivity contribution in [1.82, 2.24) is 10.2 Å². The fraction of sp³-hybridized carbons (Fsp3) is 0.529. The molecule has 0 aromatic heterocycles. The molecule has 1 unspecified atom stereocenters. The summed E-state index contributed by atoms with van der Waals surface area (Å²) in [7, 11) is 1.65. The third-order valence-electron chi connectivity index (χ3n) is 3.83. The molecule has 5 nitrogen and oxygen atoms in total. The van der Waals surface area contributed by atoms with Crippen LogP contribution in [0.1, 0.15) is 24.8 Å². The molecule has 124 valence electrons. The molecular formula is C17H23N3O2S. The highest BCUT2D eigenvalue weighted by atomic mass is 32.1. The number of hydrogen-bond donors (Lipinski definition) is 1. The van der Waals surface area contributed by atoms with Crippen molar-refractivity contribution in [3.63, 3.8) is 0 Å². The molecule has 1 aromatic rings. The Balaban J connectivity index is 1.86. The van der Waals surface area contributed by atoms with Crippen molar-refractivity contribution >= 4 is 17.3 Å². The van der Waals surface area contributed by atoms with E-state index in [1.807, 2.05) is 29.2 Å². The third kappa shape index (κ3) is 5.70. The van der Waals surface area contributed by atoms with Crippen LogP contribution in [0.5, 0.6) is 5.75 Å². The molecule has 1 fully saturated rings. The maximum atomic E-state index is 8.83. The van der Waals surface area contributed by atoms with Gasteiger partial charge < -0.3 is 19.7 Å². The van der Waals surface area contributed by atoms with E-state index >= 15 is 0 Å². The summed E-state index contributed by atoms with van der Waals surface area (Å²) in [5, 5.41) is 12.8. The zero-order valence-corrected chi connectivity index (χ0v) is 14.3. The van der Waals surface area contributed by atoms with Crippen LogP contribution in [0.4, 0.5) is 0 Å². The monoisotopic (exact) mass is 333 g/mol. The Morgan fingerprint density at radius 1 is 1.48 bits per heavy atom. The molecule has 0 aliphatic carbocycles. The van der Waals surface area contributed by atoms with E-state index in [2.05, 4.69) is 11.4 Å². The lowest BCUT2D eigenvalue weighted by Gasteiger charge is -2.27. The summed E-state index contributed by atoms with van der Waals surface area (Å²) in [4.78, 5) is 2.04. The van der Waals surface area contributed by atoms with Crippen molar-refractivity contribution in [3.8, 4) is 11.8 Å². The van der Waals surface area contributed by atoms with Gasteiger partial charge in [-0.1, -0.05) is 12.1 Å². The molecule has 0 spiro atoms. The average Bonchev–Trinajstić information content (AvgIpc) is 3.10. The highest BCUT2D eigenvalue weighted by Crippen LogP contribution is 2.14. The first-order chi connectivity index (χ1) is 11.2. The zero-order valence-electron chi connectivity index (χ0n) is 13.5. The van der Waals surface area contributed by atoms with Gasteiger partial charge in [0.25, 0.3) is 0 Å². The first-order valence-electron chi connectivity index (χ1n) is 7.87. The second-order valence-electron chi connectivity index (χ2n) is 5.50. The van der Waals surface area contributed by atoms with Crippen LogP contribution in [0.25, 0.3) is 0 Å². The summed E-state index contributed by atoms with van der Waals surface area (Å²) in [5.74, 6) is 0.838. The summed E-state index contributed by atoms with van der Waals surface area (Å²) < 4.78 is 10.8. The number of thiocarbonyl (C=S) groups is 1. The van der Waals surface area contributed by atoms with Gasteiger partial charge in [-0.05, 0) is 42.8 Å². The van der Waals surface area contributed by atoms with Crippen LogP contribution < -0.4 is 10.1 Å². The number of hydrogen-bond acceptors (Lipinski definition) is 4. The molecule has 1 aliphatic heterocycles. The van der Waals surface area contributed by atoms with Gasteiger partial charge in [-0.25, -0.2) is 0 Å². The molecule has 0 amide bonds. The van der Waals surface area contributed by atoms with E-state index in [1.54, 1.807) is 7.11 Å². The lowest BCUT2D eigenvalue weighted by atomic mass is 10.2. The molecule has 0 bridgehead atoms. The smallest absolute Gasteiger partial charge is 0.169 e. The van der Waals surface area contributed by atoms with Crippen LogP contribution in [-0.2, 0) is 11.3 Å². The SMILES string of the molecule is COc1ccc(CNC(=S)N(CCC#N)CC2CCCO2)cc1. The Hall–Kier alpha value is -1.84. The van der Waals surface area contributed by atoms with Crippen molar-refractivity contribution in [2.45, 2.75) is 31.9 Å². The topological polar surface area (TPSA) is 57.5 Å². The van der Waals surface area contributed by atoms with Gasteiger partial charge in [0.2, 0.25) is 0 Å². The van der Waals surface area contributed by atoms with Crippen LogP contribution in [-0.4, -0.2) is 42.9 Å². The summed E-state index contributed by atoms with van der Waals surface area (Å²) >= 11 is 5.50. The number of nitrogens with zero attached hydrogens (tertiary/aromatic N) is 2. The molecule has 1 saturated heterocycles. The number of methoxy groups -OCH3 is 1. The maximum Gasteiger partial charge on any atom is 0.169 e. The Morgan fingerprint density at radius 3 is 2.87 bits per heavy atom. The quantitative estimate of drug-likeness (QED) is 0.774. The van der Waals surface area contributed by atoms with Crippen molar-refractivity contribution in [2.24, 2.45) is 0 Å². The van der Waals surface area contributed by atoms with Crippen molar-refractivity contribution in [1.29, 1.82) is 5.26 Å². The fourth-order valence-electron chi connectivity index (χ4n) is 2.53. The molecule has 23 heavy (non-hydrogen) atoms. The van der Waals surface area contributed by atoms with Crippen LogP contribution in [0.15, 0.2) is 24.3 Å². The van der Waals surface area contributed by atoms with E-state index in [0.717, 1.165) is 37.3 Å². The molecule has 1 heterocycles. The predicted molar refractivity (Wildman–Crippen MR) is 93.2 cm³/mol. The third-order valence-corrected chi connectivity index (χ3v) is 4.23. The van der Waals surface area contributed by atoms with Crippen LogP contribution in [0.3, 0.4) is 0 Å². The van der Waals surface area contributed by atoms with Gasteiger partial charge in [-0.3, -0.25) is 0 Å². The van der Waals surface area contributed by atoms with E-state index in [4.69, 9.17) is 27.0 Å². The van der Waals surface area contributed by atoms with E-state index < -0.39 is 0 Å². The van der Waals surface area contributed by atoms with Crippen molar-refractivity contribution < 1.29 is 9.47 Å². The van der Waals surface area contributed by atoms with Gasteiger partial charge in [-0.15, -0.1) is 0 Å². The van der Waals surface area contributed by atoms with E-state index in [0.29, 0.717) is 24.6 Å². The summed E-state index contributed by atoms with van der Waals surface area (Å²) in [6.07, 6.45) is 2.83. The summed E-state index contributed by atoms with van der Waals surface area (Å²) in [6, 6.07) is 10.1. The summed E-state index contributed by atoms with van der Waals surface area (Å²) in [5.41, 5.74) is 1.13. The van der Waals surface area contributed by atoms with Gasteiger partial charge >= 0.3 is 0 Å². The van der Waals surface area contributed by atoms with Crippen molar-refractivity contribution in [3.05, 3.63) is 29.8 Å². The molecule has 1 N–H and O–H groups in total. The molecule has 1 atom stereocenters. The minimum Gasteiger partial charge on any atom is -0.497 e. The van der Waals surface area contributed by atoms with Crippen LogP contribution in [0.2, 0.25) is 0 Å². The van der Waals surface area contributed by atoms with Gasteiger partial charge in [0.15, 0.2) is 5.11 Å². The van der Waals surface area contributed by atoms with Gasteiger partial charge in [0, 0.05) is 26.2 Å². The average molecular weight is 333 g/mol. The predicted octanol–water partition coefficient (Wildman–Crippen LogP) is 2.46. The fourth-order valence-corrected chi connectivity index (χ4v) is 2.77. The van der Waals surface area contributed by atoms with Crippen molar-refractivity contribution in [2.75, 3.05) is 26.8 Å². The van der Waals surface area contributed by atoms with E-state index in [9.17, 15) is 0 Å². The lowest BCUT2D eigenvalue weighted by molar-refractivity contribution is 0.0914. The Labute approximate surface area is 143 Å². The number of rotatable bonds is 7. The molecule has 2 rings (SSSR count). The lowest BCUT2D eigenvalue weighted by Crippen LogP contribution is -2.43. The molecule has 0 saturated carbocycles. The van der Waals surface area contributed by atoms with E-state index in [-0.39, 0.29) is 6.10 Å². The second-order valence-corrected chi connectivity index (χ2v) is 5.88. The number of ether oxygens (including phenoxy) is 2. The first-order valence-corrected chi connectivity index (χ1v) is 8.28. The minimum absolute atomic E-state index is 0.217. The second kappa shape index (κ2) is 9.33. The molecule has 1 aliphatic rings. The minimum atomic E-state index is 0.217.